The Morgan fingerprint density at radius 2 is 1.62 bits per heavy atom. The van der Waals surface area contributed by atoms with Crippen LogP contribution in [0.3, 0.4) is 0 Å². The van der Waals surface area contributed by atoms with Crippen LogP contribution in [-0.4, -0.2) is 47.0 Å². The van der Waals surface area contributed by atoms with Crippen LogP contribution in [0.2, 0.25) is 0 Å². The number of nitrogens with zero attached hydrogens (tertiary/aromatic N) is 1. The summed E-state index contributed by atoms with van der Waals surface area (Å²) in [5.74, 6) is -0.542. The Bertz CT molecular complexity index is 1110. The Balaban J connectivity index is 2.56. The van der Waals surface area contributed by atoms with Crippen LogP contribution in [0.1, 0.15) is 95.5 Å². The van der Waals surface area contributed by atoms with Crippen molar-refractivity contribution >= 4 is 17.9 Å². The molecule has 0 spiro atoms. The van der Waals surface area contributed by atoms with Gasteiger partial charge in [0.05, 0.1) is 0 Å². The second-order valence-corrected chi connectivity index (χ2v) is 11.6. The molecule has 0 heterocycles. The number of carbonyl (C=O) groups is 3. The fraction of sp³-hybridized carbons (Fsp3) is 0.545. The summed E-state index contributed by atoms with van der Waals surface area (Å²) in [5.41, 5.74) is 3.08. The van der Waals surface area contributed by atoms with Gasteiger partial charge in [-0.1, -0.05) is 75.2 Å². The van der Waals surface area contributed by atoms with E-state index in [1.807, 2.05) is 76.2 Å². The van der Waals surface area contributed by atoms with Crippen LogP contribution >= 0.6 is 0 Å². The molecule has 0 saturated carbocycles. The first-order chi connectivity index (χ1) is 18.9. The smallest absolute Gasteiger partial charge is 0.408 e. The number of ether oxygens (including phenoxy) is 1. The average molecular weight is 552 g/mol. The molecule has 40 heavy (non-hydrogen) atoms. The van der Waals surface area contributed by atoms with Gasteiger partial charge in [-0.25, -0.2) is 4.79 Å². The minimum Gasteiger partial charge on any atom is -0.444 e. The molecule has 220 valence electrons. The number of hydrogen-bond acceptors (Lipinski definition) is 4. The lowest BCUT2D eigenvalue weighted by molar-refractivity contribution is -0.145. The fourth-order valence-corrected chi connectivity index (χ4v) is 4.53. The number of benzene rings is 2. The normalized spacial score (nSPS) is 13.6. The van der Waals surface area contributed by atoms with Crippen LogP contribution in [-0.2, 0) is 20.7 Å². The second kappa shape index (κ2) is 15.4. The first-order valence-corrected chi connectivity index (χ1v) is 14.6. The lowest BCUT2D eigenvalue weighted by Gasteiger charge is -2.38. The summed E-state index contributed by atoms with van der Waals surface area (Å²) < 4.78 is 5.52. The van der Waals surface area contributed by atoms with Gasteiger partial charge in [-0.15, -0.1) is 0 Å². The molecular weight excluding hydrogens is 502 g/mol. The molecule has 2 rings (SSSR count). The number of unbranched alkanes of at least 4 members (excludes halogenated alkanes) is 2. The van der Waals surface area contributed by atoms with Gasteiger partial charge in [0.1, 0.15) is 17.7 Å². The number of rotatable bonds is 13. The van der Waals surface area contributed by atoms with Crippen molar-refractivity contribution in [3.8, 4) is 0 Å². The zero-order chi connectivity index (χ0) is 29.9. The Kier molecular flexibility index (Phi) is 12.7. The molecule has 0 fully saturated rings. The van der Waals surface area contributed by atoms with Gasteiger partial charge in [-0.3, -0.25) is 9.59 Å². The summed E-state index contributed by atoms with van der Waals surface area (Å²) in [5, 5.41) is 5.90. The van der Waals surface area contributed by atoms with Gasteiger partial charge in [0, 0.05) is 19.0 Å². The van der Waals surface area contributed by atoms with Crippen molar-refractivity contribution < 1.29 is 19.1 Å². The molecule has 0 aromatic heterocycles. The molecule has 0 aliphatic heterocycles. The van der Waals surface area contributed by atoms with Gasteiger partial charge in [-0.05, 0) is 76.6 Å². The zero-order valence-corrected chi connectivity index (χ0v) is 25.7. The third kappa shape index (κ3) is 10.00. The monoisotopic (exact) mass is 551 g/mol. The van der Waals surface area contributed by atoms with Crippen molar-refractivity contribution in [3.05, 3.63) is 70.8 Å². The average Bonchev–Trinajstić information content (AvgIpc) is 2.89. The molecule has 0 aliphatic carbocycles. The summed E-state index contributed by atoms with van der Waals surface area (Å²) in [6, 6.07) is 13.4. The van der Waals surface area contributed by atoms with Gasteiger partial charge >= 0.3 is 6.09 Å². The minimum absolute atomic E-state index is 0.219. The topological polar surface area (TPSA) is 87.7 Å². The number of hydrogen-bond donors (Lipinski definition) is 2. The molecule has 2 N–H and O–H groups in total. The quantitative estimate of drug-likeness (QED) is 0.282. The lowest BCUT2D eigenvalue weighted by atomic mass is 9.95. The van der Waals surface area contributed by atoms with Crippen molar-refractivity contribution in [2.45, 2.75) is 111 Å². The maximum absolute atomic E-state index is 14.5. The van der Waals surface area contributed by atoms with E-state index in [1.165, 1.54) is 0 Å². The molecule has 3 amide bonds. The van der Waals surface area contributed by atoms with E-state index in [2.05, 4.69) is 17.6 Å². The van der Waals surface area contributed by atoms with E-state index in [0.29, 0.717) is 13.0 Å². The van der Waals surface area contributed by atoms with Gasteiger partial charge in [0.25, 0.3) is 0 Å². The van der Waals surface area contributed by atoms with Crippen molar-refractivity contribution in [3.63, 3.8) is 0 Å². The summed E-state index contributed by atoms with van der Waals surface area (Å²) in [6.07, 6.45) is 3.17. The minimum atomic E-state index is -0.923. The Morgan fingerprint density at radius 1 is 0.950 bits per heavy atom. The first kappa shape index (κ1) is 32.9. The van der Waals surface area contributed by atoms with Gasteiger partial charge in [0.15, 0.2) is 0 Å². The molecule has 7 nitrogen and oxygen atoms in total. The van der Waals surface area contributed by atoms with E-state index in [0.717, 1.165) is 41.5 Å². The predicted molar refractivity (Wildman–Crippen MR) is 161 cm³/mol. The Labute approximate surface area is 241 Å². The van der Waals surface area contributed by atoms with Gasteiger partial charge in [0.2, 0.25) is 11.8 Å². The SMILES string of the molecule is CCCCCNC(=O)C(c1ccc(C)c(C)c1)N(C(=O)C(Cc1ccccc1)NC(=O)OC(C)(C)C)C(C)CC. The number of alkyl carbamates (subject to hydrolysis) is 1. The molecule has 2 aromatic rings. The van der Waals surface area contributed by atoms with E-state index in [4.69, 9.17) is 4.74 Å². The Morgan fingerprint density at radius 3 is 2.20 bits per heavy atom. The molecule has 3 atom stereocenters. The molecule has 0 bridgehead atoms. The zero-order valence-electron chi connectivity index (χ0n) is 25.7. The van der Waals surface area contributed by atoms with E-state index < -0.39 is 23.8 Å². The highest BCUT2D eigenvalue weighted by atomic mass is 16.6. The lowest BCUT2D eigenvalue weighted by Crippen LogP contribution is -2.56. The van der Waals surface area contributed by atoms with E-state index in [1.54, 1.807) is 25.7 Å². The first-order valence-electron chi connectivity index (χ1n) is 14.6. The number of aryl methyl sites for hydroxylation is 2. The van der Waals surface area contributed by atoms with Gasteiger partial charge < -0.3 is 20.3 Å². The molecule has 0 saturated heterocycles. The molecule has 7 heteroatoms. The molecule has 2 aromatic carbocycles. The third-order valence-electron chi connectivity index (χ3n) is 7.04. The molecule has 0 radical (unpaired) electrons. The number of amides is 3. The van der Waals surface area contributed by atoms with E-state index in [-0.39, 0.29) is 24.3 Å². The van der Waals surface area contributed by atoms with Crippen LogP contribution in [0.5, 0.6) is 0 Å². The Hall–Kier alpha value is -3.35. The highest BCUT2D eigenvalue weighted by molar-refractivity contribution is 5.92. The highest BCUT2D eigenvalue weighted by Crippen LogP contribution is 2.28. The largest absolute Gasteiger partial charge is 0.444 e. The van der Waals surface area contributed by atoms with Crippen LogP contribution in [0.25, 0.3) is 0 Å². The third-order valence-corrected chi connectivity index (χ3v) is 7.04. The van der Waals surface area contributed by atoms with Gasteiger partial charge in [-0.2, -0.15) is 0 Å². The van der Waals surface area contributed by atoms with Crippen molar-refractivity contribution in [2.24, 2.45) is 0 Å². The number of nitrogens with one attached hydrogen (secondary N) is 2. The van der Waals surface area contributed by atoms with E-state index in [9.17, 15) is 14.4 Å². The van der Waals surface area contributed by atoms with Crippen LogP contribution in [0, 0.1) is 13.8 Å². The predicted octanol–water partition coefficient (Wildman–Crippen LogP) is 6.41. The highest BCUT2D eigenvalue weighted by Gasteiger charge is 2.38. The summed E-state index contributed by atoms with van der Waals surface area (Å²) >= 11 is 0. The van der Waals surface area contributed by atoms with Crippen molar-refractivity contribution in [1.29, 1.82) is 0 Å². The molecule has 0 aliphatic rings. The van der Waals surface area contributed by atoms with Crippen LogP contribution < -0.4 is 10.6 Å². The maximum Gasteiger partial charge on any atom is 0.408 e. The van der Waals surface area contributed by atoms with Crippen LogP contribution in [0.4, 0.5) is 4.79 Å². The second-order valence-electron chi connectivity index (χ2n) is 11.6. The molecule has 3 unspecified atom stereocenters. The summed E-state index contributed by atoms with van der Waals surface area (Å²) in [6.45, 7) is 16.0. The molecular formula is C33H49N3O4. The van der Waals surface area contributed by atoms with E-state index >= 15 is 0 Å². The maximum atomic E-state index is 14.5. The van der Waals surface area contributed by atoms with Crippen molar-refractivity contribution in [1.82, 2.24) is 15.5 Å². The summed E-state index contributed by atoms with van der Waals surface area (Å²) in [4.78, 5) is 42.9. The fourth-order valence-electron chi connectivity index (χ4n) is 4.53. The van der Waals surface area contributed by atoms with Crippen LogP contribution in [0.15, 0.2) is 48.5 Å². The standard InChI is InChI=1S/C33H49N3O4/c1-9-11-15-20-34-30(37)29(27-19-18-23(3)24(4)21-27)36(25(5)10-2)31(38)28(22-26-16-13-12-14-17-26)35-32(39)40-33(6,7)8/h12-14,16-19,21,25,28-29H,9-11,15,20,22H2,1-8H3,(H,34,37)(H,35,39). The van der Waals surface area contributed by atoms with Crippen molar-refractivity contribution in [2.75, 3.05) is 6.54 Å². The number of carbonyl (C=O) groups excluding carboxylic acids is 3. The summed E-state index contributed by atoms with van der Waals surface area (Å²) in [7, 11) is 0.